The Kier molecular flexibility index (Phi) is 4.18. The Bertz CT molecular complexity index is 619. The van der Waals surface area contributed by atoms with Gasteiger partial charge in [0.1, 0.15) is 5.60 Å². The van der Waals surface area contributed by atoms with Crippen molar-refractivity contribution in [2.75, 3.05) is 6.61 Å². The number of hydrogen-bond donors (Lipinski definition) is 0. The molecular formula is C15H17ClF3NO2S. The lowest BCUT2D eigenvalue weighted by molar-refractivity contribution is -0.199. The lowest BCUT2D eigenvalue weighted by Gasteiger charge is -2.50. The van der Waals surface area contributed by atoms with Crippen LogP contribution in [0.3, 0.4) is 0 Å². The van der Waals surface area contributed by atoms with Gasteiger partial charge in [-0.05, 0) is 31.9 Å². The zero-order valence-corrected chi connectivity index (χ0v) is 14.3. The molecule has 23 heavy (non-hydrogen) atoms. The van der Waals surface area contributed by atoms with E-state index in [1.54, 1.807) is 13.8 Å². The van der Waals surface area contributed by atoms with E-state index in [4.69, 9.17) is 16.3 Å². The van der Waals surface area contributed by atoms with Crippen LogP contribution in [-0.4, -0.2) is 35.7 Å². The van der Waals surface area contributed by atoms with Crippen LogP contribution >= 0.6 is 22.9 Å². The summed E-state index contributed by atoms with van der Waals surface area (Å²) in [5.74, 6) is -1.77. The Morgan fingerprint density at radius 1 is 1.39 bits per heavy atom. The van der Waals surface area contributed by atoms with Crippen LogP contribution in [0.5, 0.6) is 0 Å². The standard InChI is InChI=1S/C15H17ClF3NO2S/c1-8-6-14(7-9(2)20(8)13(21)15(17,18)19)12-10(3-4-22-14)5-11(16)23-12/h5,8-9H,3-4,6-7H2,1-2H3. The maximum Gasteiger partial charge on any atom is 0.471 e. The summed E-state index contributed by atoms with van der Waals surface area (Å²) < 4.78 is 45.2. The molecule has 3 rings (SSSR count). The van der Waals surface area contributed by atoms with E-state index in [1.807, 2.05) is 6.07 Å². The number of piperidine rings is 1. The number of carbonyl (C=O) groups excluding carboxylic acids is 1. The van der Waals surface area contributed by atoms with Crippen LogP contribution in [0.1, 0.15) is 37.1 Å². The minimum Gasteiger partial charge on any atom is -0.369 e. The zero-order valence-electron chi connectivity index (χ0n) is 12.7. The van der Waals surface area contributed by atoms with E-state index in [1.165, 1.54) is 11.3 Å². The van der Waals surface area contributed by atoms with Crippen LogP contribution in [0.4, 0.5) is 13.2 Å². The molecule has 8 heteroatoms. The maximum atomic E-state index is 12.8. The summed E-state index contributed by atoms with van der Waals surface area (Å²) in [5.41, 5.74) is 0.480. The van der Waals surface area contributed by atoms with Gasteiger partial charge in [0.15, 0.2) is 0 Å². The van der Waals surface area contributed by atoms with Gasteiger partial charge in [0, 0.05) is 29.8 Å². The number of rotatable bonds is 0. The Balaban J connectivity index is 1.92. The second-order valence-corrected chi connectivity index (χ2v) is 8.00. The average Bonchev–Trinajstić information content (AvgIpc) is 2.79. The number of ether oxygens (including phenoxy) is 1. The summed E-state index contributed by atoms with van der Waals surface area (Å²) in [6.45, 7) is 3.81. The molecule has 2 aliphatic rings. The molecule has 128 valence electrons. The minimum atomic E-state index is -4.85. The van der Waals surface area contributed by atoms with Crippen molar-refractivity contribution in [1.29, 1.82) is 0 Å². The molecular weight excluding hydrogens is 351 g/mol. The zero-order chi connectivity index (χ0) is 17.0. The summed E-state index contributed by atoms with van der Waals surface area (Å²) in [4.78, 5) is 13.7. The molecule has 1 aromatic heterocycles. The molecule has 0 aliphatic carbocycles. The summed E-state index contributed by atoms with van der Waals surface area (Å²) in [7, 11) is 0. The van der Waals surface area contributed by atoms with E-state index in [0.717, 1.165) is 21.8 Å². The quantitative estimate of drug-likeness (QED) is 0.690. The smallest absolute Gasteiger partial charge is 0.369 e. The van der Waals surface area contributed by atoms with Crippen molar-refractivity contribution < 1.29 is 22.7 Å². The molecule has 3 nitrogen and oxygen atoms in total. The molecule has 0 aromatic carbocycles. The van der Waals surface area contributed by atoms with Crippen molar-refractivity contribution in [3.05, 3.63) is 20.8 Å². The number of likely N-dealkylation sites (tertiary alicyclic amines) is 1. The number of fused-ring (bicyclic) bond motifs is 2. The molecule has 1 spiro atoms. The fourth-order valence-electron chi connectivity index (χ4n) is 3.91. The summed E-state index contributed by atoms with van der Waals surface area (Å²) in [5, 5.41) is 0. The maximum absolute atomic E-state index is 12.8. The van der Waals surface area contributed by atoms with Gasteiger partial charge in [-0.3, -0.25) is 4.79 Å². The molecule has 0 N–H and O–H groups in total. The molecule has 1 amide bonds. The number of thiophene rings is 1. The van der Waals surface area contributed by atoms with Crippen molar-refractivity contribution in [3.8, 4) is 0 Å². The normalized spacial score (nSPS) is 31.3. The van der Waals surface area contributed by atoms with Crippen molar-refractivity contribution in [1.82, 2.24) is 4.90 Å². The van der Waals surface area contributed by atoms with Crippen LogP contribution in [0.2, 0.25) is 4.34 Å². The molecule has 0 bridgehead atoms. The van der Waals surface area contributed by atoms with Gasteiger partial charge in [-0.25, -0.2) is 0 Å². The number of carbonyl (C=O) groups is 1. The molecule has 3 heterocycles. The molecule has 2 unspecified atom stereocenters. The Hall–Kier alpha value is -0.790. The SMILES string of the molecule is CC1CC2(CC(C)N1C(=O)C(F)(F)F)OCCc1cc(Cl)sc12. The largest absolute Gasteiger partial charge is 0.471 e. The van der Waals surface area contributed by atoms with E-state index in [-0.39, 0.29) is 0 Å². The number of halogens is 4. The highest BCUT2D eigenvalue weighted by atomic mass is 35.5. The molecule has 2 aliphatic heterocycles. The number of amides is 1. The molecule has 1 saturated heterocycles. The van der Waals surface area contributed by atoms with Crippen molar-refractivity contribution in [2.45, 2.75) is 57.0 Å². The molecule has 1 fully saturated rings. The second-order valence-electron chi connectivity index (χ2n) is 6.31. The topological polar surface area (TPSA) is 29.5 Å². The summed E-state index contributed by atoms with van der Waals surface area (Å²) in [6.07, 6.45) is -3.39. The van der Waals surface area contributed by atoms with Gasteiger partial charge in [0.2, 0.25) is 0 Å². The lowest BCUT2D eigenvalue weighted by Crippen LogP contribution is -2.59. The number of hydrogen-bond acceptors (Lipinski definition) is 3. The molecule has 0 saturated carbocycles. The van der Waals surface area contributed by atoms with Gasteiger partial charge < -0.3 is 9.64 Å². The molecule has 1 aromatic rings. The van der Waals surface area contributed by atoms with Gasteiger partial charge in [-0.2, -0.15) is 13.2 Å². The van der Waals surface area contributed by atoms with E-state index >= 15 is 0 Å². The first kappa shape index (κ1) is 17.0. The van der Waals surface area contributed by atoms with Crippen molar-refractivity contribution in [3.63, 3.8) is 0 Å². The van der Waals surface area contributed by atoms with Gasteiger partial charge >= 0.3 is 12.1 Å². The summed E-state index contributed by atoms with van der Waals surface area (Å²) in [6, 6.07) is 0.799. The van der Waals surface area contributed by atoms with E-state index in [9.17, 15) is 18.0 Å². The van der Waals surface area contributed by atoms with Gasteiger partial charge in [-0.15, -0.1) is 11.3 Å². The first-order valence-electron chi connectivity index (χ1n) is 7.46. The first-order valence-corrected chi connectivity index (χ1v) is 8.65. The highest BCUT2D eigenvalue weighted by molar-refractivity contribution is 7.16. The van der Waals surface area contributed by atoms with E-state index in [2.05, 4.69) is 0 Å². The Labute approximate surface area is 141 Å². The van der Waals surface area contributed by atoms with Crippen LogP contribution in [0, 0.1) is 0 Å². The number of alkyl halides is 3. The third-order valence-electron chi connectivity index (χ3n) is 4.62. The second kappa shape index (κ2) is 5.63. The van der Waals surface area contributed by atoms with Gasteiger partial charge in [-0.1, -0.05) is 11.6 Å². The third-order valence-corrected chi connectivity index (χ3v) is 6.11. The Morgan fingerprint density at radius 3 is 2.57 bits per heavy atom. The van der Waals surface area contributed by atoms with Gasteiger partial charge in [0.25, 0.3) is 0 Å². The fourth-order valence-corrected chi connectivity index (χ4v) is 5.37. The minimum absolute atomic E-state index is 0.350. The highest BCUT2D eigenvalue weighted by Crippen LogP contribution is 2.49. The average molecular weight is 368 g/mol. The summed E-state index contributed by atoms with van der Waals surface area (Å²) >= 11 is 7.54. The van der Waals surface area contributed by atoms with Gasteiger partial charge in [0.05, 0.1) is 10.9 Å². The predicted molar refractivity (Wildman–Crippen MR) is 81.7 cm³/mol. The fraction of sp³-hybridized carbons (Fsp3) is 0.667. The molecule has 0 radical (unpaired) electrons. The highest BCUT2D eigenvalue weighted by Gasteiger charge is 2.53. The lowest BCUT2D eigenvalue weighted by atomic mass is 9.79. The van der Waals surface area contributed by atoms with E-state index in [0.29, 0.717) is 23.8 Å². The number of nitrogens with zero attached hydrogens (tertiary/aromatic N) is 1. The van der Waals surface area contributed by atoms with Crippen molar-refractivity contribution in [2.24, 2.45) is 0 Å². The van der Waals surface area contributed by atoms with Crippen LogP contribution < -0.4 is 0 Å². The van der Waals surface area contributed by atoms with Crippen LogP contribution in [0.15, 0.2) is 6.07 Å². The predicted octanol–water partition coefficient (Wildman–Crippen LogP) is 4.13. The van der Waals surface area contributed by atoms with E-state index < -0.39 is 29.8 Å². The van der Waals surface area contributed by atoms with Crippen molar-refractivity contribution >= 4 is 28.8 Å². The Morgan fingerprint density at radius 2 is 2.00 bits per heavy atom. The van der Waals surface area contributed by atoms with Crippen LogP contribution in [0.25, 0.3) is 0 Å². The first-order chi connectivity index (χ1) is 10.6. The van der Waals surface area contributed by atoms with Crippen LogP contribution in [-0.2, 0) is 21.6 Å². The monoisotopic (exact) mass is 367 g/mol. The third kappa shape index (κ3) is 2.87. The molecule has 2 atom stereocenters.